The molecular weight excluding hydrogens is 438 g/mol. The van der Waals surface area contributed by atoms with E-state index in [1.54, 1.807) is 7.11 Å². The SMILES string of the molecule is COCC(=O)O[C@]1(CCN(C)CCCc2nc3ccccc3[nH]2)CCc2ccccc2[C@@H]1C(C)C. The van der Waals surface area contributed by atoms with Crippen molar-refractivity contribution < 1.29 is 14.3 Å². The molecule has 188 valence electrons. The van der Waals surface area contributed by atoms with Crippen molar-refractivity contribution in [2.45, 2.75) is 57.5 Å². The monoisotopic (exact) mass is 477 g/mol. The maximum absolute atomic E-state index is 12.7. The molecule has 1 aromatic heterocycles. The Hall–Kier alpha value is -2.70. The van der Waals surface area contributed by atoms with Crippen molar-refractivity contribution in [2.75, 3.05) is 33.9 Å². The molecule has 2 atom stereocenters. The number of rotatable bonds is 11. The number of aromatic nitrogens is 2. The smallest absolute Gasteiger partial charge is 0.332 e. The molecule has 0 spiro atoms. The fourth-order valence-electron chi connectivity index (χ4n) is 5.77. The van der Waals surface area contributed by atoms with Crippen LogP contribution in [0.3, 0.4) is 0 Å². The number of benzene rings is 2. The van der Waals surface area contributed by atoms with Crippen molar-refractivity contribution in [3.8, 4) is 0 Å². The van der Waals surface area contributed by atoms with E-state index in [9.17, 15) is 4.79 Å². The number of esters is 1. The molecule has 0 fully saturated rings. The van der Waals surface area contributed by atoms with Crippen LogP contribution in [-0.4, -0.2) is 60.3 Å². The largest absolute Gasteiger partial charge is 0.457 e. The van der Waals surface area contributed by atoms with E-state index in [-0.39, 0.29) is 18.5 Å². The lowest BCUT2D eigenvalue weighted by Crippen LogP contribution is -2.49. The Morgan fingerprint density at radius 2 is 1.94 bits per heavy atom. The van der Waals surface area contributed by atoms with Crippen molar-refractivity contribution in [1.29, 1.82) is 0 Å². The summed E-state index contributed by atoms with van der Waals surface area (Å²) in [6.07, 6.45) is 4.50. The van der Waals surface area contributed by atoms with E-state index in [1.165, 1.54) is 11.1 Å². The van der Waals surface area contributed by atoms with Gasteiger partial charge in [0.05, 0.1) is 11.0 Å². The molecule has 1 aliphatic rings. The average molecular weight is 478 g/mol. The lowest BCUT2D eigenvalue weighted by molar-refractivity contribution is -0.172. The molecule has 0 saturated heterocycles. The van der Waals surface area contributed by atoms with E-state index in [2.05, 4.69) is 61.1 Å². The highest BCUT2D eigenvalue weighted by molar-refractivity contribution is 5.74. The highest BCUT2D eigenvalue weighted by Gasteiger charge is 2.47. The van der Waals surface area contributed by atoms with Crippen LogP contribution in [0.25, 0.3) is 11.0 Å². The first-order valence-electron chi connectivity index (χ1n) is 12.8. The fourth-order valence-corrected chi connectivity index (χ4v) is 5.77. The van der Waals surface area contributed by atoms with Gasteiger partial charge in [-0.2, -0.15) is 0 Å². The summed E-state index contributed by atoms with van der Waals surface area (Å²) in [6.45, 7) is 6.29. The molecule has 1 N–H and O–H groups in total. The number of imidazole rings is 1. The first-order valence-corrected chi connectivity index (χ1v) is 12.8. The predicted molar refractivity (Wildman–Crippen MR) is 140 cm³/mol. The summed E-state index contributed by atoms with van der Waals surface area (Å²) in [5, 5.41) is 0. The van der Waals surface area contributed by atoms with Crippen LogP contribution in [0.1, 0.15) is 56.0 Å². The average Bonchev–Trinajstić information content (AvgIpc) is 3.25. The summed E-state index contributed by atoms with van der Waals surface area (Å²) >= 11 is 0. The maximum Gasteiger partial charge on any atom is 0.332 e. The van der Waals surface area contributed by atoms with Crippen LogP contribution < -0.4 is 0 Å². The van der Waals surface area contributed by atoms with Gasteiger partial charge in [-0.05, 0) is 62.0 Å². The number of hydrogen-bond donors (Lipinski definition) is 1. The van der Waals surface area contributed by atoms with E-state index in [0.717, 1.165) is 62.1 Å². The number of aryl methyl sites for hydroxylation is 2. The number of fused-ring (bicyclic) bond motifs is 2. The van der Waals surface area contributed by atoms with E-state index >= 15 is 0 Å². The standard InChI is InChI=1S/C29H39N3O3/c1-21(2)28-23-11-6-5-10-22(23)15-16-29(28,35-27(33)20-34-4)17-19-32(3)18-9-14-26-30-24-12-7-8-13-25(24)31-26/h5-8,10-13,21,28H,9,14-20H2,1-4H3,(H,30,31)/t28-,29-/m0/s1. The normalized spacial score (nSPS) is 19.9. The Morgan fingerprint density at radius 3 is 2.71 bits per heavy atom. The number of hydrogen-bond acceptors (Lipinski definition) is 5. The van der Waals surface area contributed by atoms with Gasteiger partial charge in [0.1, 0.15) is 18.0 Å². The van der Waals surface area contributed by atoms with Crippen LogP contribution in [-0.2, 0) is 27.1 Å². The van der Waals surface area contributed by atoms with Crippen LogP contribution in [0.15, 0.2) is 48.5 Å². The number of H-pyrrole nitrogens is 1. The Morgan fingerprint density at radius 1 is 1.17 bits per heavy atom. The minimum absolute atomic E-state index is 0.0123. The van der Waals surface area contributed by atoms with Gasteiger partial charge >= 0.3 is 5.97 Å². The van der Waals surface area contributed by atoms with Gasteiger partial charge in [0.15, 0.2) is 0 Å². The van der Waals surface area contributed by atoms with Crippen molar-refractivity contribution >= 4 is 17.0 Å². The van der Waals surface area contributed by atoms with Gasteiger partial charge in [-0.3, -0.25) is 0 Å². The molecule has 6 heteroatoms. The maximum atomic E-state index is 12.7. The van der Waals surface area contributed by atoms with Gasteiger partial charge in [-0.1, -0.05) is 50.2 Å². The zero-order valence-corrected chi connectivity index (χ0v) is 21.5. The first kappa shape index (κ1) is 25.4. The molecule has 0 amide bonds. The fraction of sp³-hybridized carbons (Fsp3) is 0.517. The number of methoxy groups -OCH3 is 1. The number of carbonyl (C=O) groups is 1. The third-order valence-electron chi connectivity index (χ3n) is 7.33. The van der Waals surface area contributed by atoms with Gasteiger partial charge in [0.25, 0.3) is 0 Å². The Labute approximate surface area is 209 Å². The Bertz CT molecular complexity index is 1090. The van der Waals surface area contributed by atoms with Crippen molar-refractivity contribution in [3.63, 3.8) is 0 Å². The summed E-state index contributed by atoms with van der Waals surface area (Å²) in [5.41, 5.74) is 4.29. The lowest BCUT2D eigenvalue weighted by Gasteiger charge is -2.47. The number of nitrogens with one attached hydrogen (secondary N) is 1. The van der Waals surface area contributed by atoms with Crippen LogP contribution >= 0.6 is 0 Å². The highest BCUT2D eigenvalue weighted by atomic mass is 16.6. The molecule has 1 aliphatic carbocycles. The van der Waals surface area contributed by atoms with E-state index in [4.69, 9.17) is 14.5 Å². The second-order valence-corrected chi connectivity index (χ2v) is 10.2. The second kappa shape index (κ2) is 11.4. The van der Waals surface area contributed by atoms with Crippen LogP contribution in [0.4, 0.5) is 0 Å². The molecule has 0 unspecified atom stereocenters. The van der Waals surface area contributed by atoms with Gasteiger partial charge in [0, 0.05) is 32.4 Å². The van der Waals surface area contributed by atoms with Gasteiger partial charge in [0.2, 0.25) is 0 Å². The van der Waals surface area contributed by atoms with Crippen molar-refractivity contribution in [2.24, 2.45) is 5.92 Å². The Balaban J connectivity index is 1.42. The van der Waals surface area contributed by atoms with Crippen molar-refractivity contribution in [1.82, 2.24) is 14.9 Å². The van der Waals surface area contributed by atoms with E-state index < -0.39 is 5.60 Å². The predicted octanol–water partition coefficient (Wildman–Crippen LogP) is 5.13. The second-order valence-electron chi connectivity index (χ2n) is 10.2. The minimum Gasteiger partial charge on any atom is -0.457 e. The van der Waals surface area contributed by atoms with E-state index in [1.807, 2.05) is 18.2 Å². The third-order valence-corrected chi connectivity index (χ3v) is 7.33. The van der Waals surface area contributed by atoms with Crippen LogP contribution in [0.2, 0.25) is 0 Å². The Kier molecular flexibility index (Phi) is 8.24. The molecule has 0 bridgehead atoms. The topological polar surface area (TPSA) is 67.5 Å². The summed E-state index contributed by atoms with van der Waals surface area (Å²) in [4.78, 5) is 23.1. The van der Waals surface area contributed by atoms with Crippen LogP contribution in [0, 0.1) is 5.92 Å². The number of ether oxygens (including phenoxy) is 2. The third kappa shape index (κ3) is 5.93. The van der Waals surface area contributed by atoms with Gasteiger partial charge in [-0.15, -0.1) is 0 Å². The molecule has 2 aromatic carbocycles. The molecule has 0 aliphatic heterocycles. The molecule has 4 rings (SSSR count). The van der Waals surface area contributed by atoms with Gasteiger partial charge < -0.3 is 19.4 Å². The quantitative estimate of drug-likeness (QED) is 0.388. The number of para-hydroxylation sites is 2. The summed E-state index contributed by atoms with van der Waals surface area (Å²) in [7, 11) is 3.70. The highest BCUT2D eigenvalue weighted by Crippen LogP contribution is 2.48. The number of carbonyl (C=O) groups excluding carboxylic acids is 1. The molecular formula is C29H39N3O3. The summed E-state index contributed by atoms with van der Waals surface area (Å²) in [6, 6.07) is 16.8. The lowest BCUT2D eigenvalue weighted by atomic mass is 9.65. The molecule has 0 radical (unpaired) electrons. The zero-order chi connectivity index (χ0) is 24.8. The van der Waals surface area contributed by atoms with Gasteiger partial charge in [-0.25, -0.2) is 9.78 Å². The number of nitrogens with zero attached hydrogens (tertiary/aromatic N) is 2. The van der Waals surface area contributed by atoms with Crippen molar-refractivity contribution in [3.05, 3.63) is 65.5 Å². The van der Waals surface area contributed by atoms with E-state index in [0.29, 0.717) is 5.92 Å². The molecule has 1 heterocycles. The molecule has 3 aromatic rings. The molecule has 6 nitrogen and oxygen atoms in total. The van der Waals surface area contributed by atoms with Crippen LogP contribution in [0.5, 0.6) is 0 Å². The first-order chi connectivity index (χ1) is 16.9. The summed E-state index contributed by atoms with van der Waals surface area (Å²) in [5.74, 6) is 1.28. The number of aromatic amines is 1. The zero-order valence-electron chi connectivity index (χ0n) is 21.5. The minimum atomic E-state index is -0.523. The molecule has 35 heavy (non-hydrogen) atoms. The summed E-state index contributed by atoms with van der Waals surface area (Å²) < 4.78 is 11.4. The molecule has 0 saturated carbocycles.